The lowest BCUT2D eigenvalue weighted by Crippen LogP contribution is -2.44. The molecule has 0 bridgehead atoms. The summed E-state index contributed by atoms with van der Waals surface area (Å²) in [5.74, 6) is 1.98. The highest BCUT2D eigenvalue weighted by molar-refractivity contribution is 5.89. The van der Waals surface area contributed by atoms with Crippen LogP contribution in [0.15, 0.2) is 12.4 Å². The summed E-state index contributed by atoms with van der Waals surface area (Å²) < 4.78 is 2.23. The molecule has 0 aromatic carbocycles. The zero-order chi connectivity index (χ0) is 17.4. The van der Waals surface area contributed by atoms with Gasteiger partial charge in [-0.3, -0.25) is 9.59 Å². The lowest BCUT2D eigenvalue weighted by atomic mass is 10.0. The summed E-state index contributed by atoms with van der Waals surface area (Å²) >= 11 is 0. The fourth-order valence-electron chi connectivity index (χ4n) is 4.32. The number of amides is 2. The molecule has 4 rings (SSSR count). The number of rotatable bonds is 5. The second kappa shape index (κ2) is 6.81. The molecule has 2 aliphatic heterocycles. The predicted molar refractivity (Wildman–Crippen MR) is 93.9 cm³/mol. The fourth-order valence-corrected chi connectivity index (χ4v) is 4.32. The van der Waals surface area contributed by atoms with Crippen LogP contribution in [-0.2, 0) is 16.0 Å². The monoisotopic (exact) mass is 344 g/mol. The number of imidazole rings is 1. The second-order valence-corrected chi connectivity index (χ2v) is 7.83. The molecule has 6 heteroatoms. The van der Waals surface area contributed by atoms with Crippen LogP contribution in [0.5, 0.6) is 0 Å². The van der Waals surface area contributed by atoms with Gasteiger partial charge in [-0.1, -0.05) is 6.92 Å². The molecule has 2 amide bonds. The van der Waals surface area contributed by atoms with E-state index in [1.807, 2.05) is 22.2 Å². The minimum Gasteiger partial charge on any atom is -0.342 e. The van der Waals surface area contributed by atoms with E-state index in [4.69, 9.17) is 0 Å². The number of carbonyl (C=O) groups is 2. The minimum atomic E-state index is -0.140. The number of hydrogen-bond acceptors (Lipinski definition) is 3. The lowest BCUT2D eigenvalue weighted by Gasteiger charge is -2.35. The van der Waals surface area contributed by atoms with Gasteiger partial charge >= 0.3 is 0 Å². The van der Waals surface area contributed by atoms with Crippen LogP contribution in [0.1, 0.15) is 50.9 Å². The third-order valence-corrected chi connectivity index (χ3v) is 5.91. The Morgan fingerprint density at radius 2 is 2.12 bits per heavy atom. The Hall–Kier alpha value is -1.85. The Kier molecular flexibility index (Phi) is 4.52. The number of nitrogens with zero attached hydrogens (tertiary/aromatic N) is 4. The topological polar surface area (TPSA) is 58.4 Å². The van der Waals surface area contributed by atoms with E-state index < -0.39 is 0 Å². The second-order valence-electron chi connectivity index (χ2n) is 7.83. The van der Waals surface area contributed by atoms with Crippen LogP contribution >= 0.6 is 0 Å². The summed E-state index contributed by atoms with van der Waals surface area (Å²) in [5, 5.41) is 0. The molecule has 1 aliphatic carbocycles. The summed E-state index contributed by atoms with van der Waals surface area (Å²) in [6, 6.07) is 0.315. The minimum absolute atomic E-state index is 0.140. The fraction of sp³-hybridized carbons (Fsp3) is 0.737. The van der Waals surface area contributed by atoms with Crippen molar-refractivity contribution in [2.24, 2.45) is 11.8 Å². The van der Waals surface area contributed by atoms with Crippen molar-refractivity contribution in [3.8, 4) is 0 Å². The van der Waals surface area contributed by atoms with Gasteiger partial charge in [0.2, 0.25) is 11.8 Å². The maximum atomic E-state index is 13.0. The molecule has 6 nitrogen and oxygen atoms in total. The summed E-state index contributed by atoms with van der Waals surface area (Å²) in [6.45, 7) is 5.16. The summed E-state index contributed by atoms with van der Waals surface area (Å²) in [4.78, 5) is 33.5. The number of hydrogen-bond donors (Lipinski definition) is 0. The first-order valence-electron chi connectivity index (χ1n) is 9.74. The number of carbonyl (C=O) groups excluding carboxylic acids is 2. The Morgan fingerprint density at radius 3 is 2.88 bits per heavy atom. The smallest absolute Gasteiger partial charge is 0.228 e. The quantitative estimate of drug-likeness (QED) is 0.819. The van der Waals surface area contributed by atoms with E-state index in [-0.39, 0.29) is 17.7 Å². The van der Waals surface area contributed by atoms with Crippen molar-refractivity contribution in [1.82, 2.24) is 19.4 Å². The maximum absolute atomic E-state index is 13.0. The third kappa shape index (κ3) is 3.44. The van der Waals surface area contributed by atoms with Gasteiger partial charge in [0.15, 0.2) is 0 Å². The van der Waals surface area contributed by atoms with Crippen LogP contribution in [0.25, 0.3) is 0 Å². The van der Waals surface area contributed by atoms with E-state index in [0.29, 0.717) is 24.9 Å². The number of piperidine rings is 1. The van der Waals surface area contributed by atoms with E-state index in [1.165, 1.54) is 12.8 Å². The highest BCUT2D eigenvalue weighted by Crippen LogP contribution is 2.33. The first-order valence-corrected chi connectivity index (χ1v) is 9.74. The Bertz CT molecular complexity index is 652. The molecular weight excluding hydrogens is 316 g/mol. The Morgan fingerprint density at radius 1 is 1.28 bits per heavy atom. The third-order valence-electron chi connectivity index (χ3n) is 5.91. The molecule has 2 atom stereocenters. The van der Waals surface area contributed by atoms with Crippen LogP contribution in [0.4, 0.5) is 0 Å². The average Bonchev–Trinajstić information content (AvgIpc) is 3.18. The van der Waals surface area contributed by atoms with E-state index in [1.54, 1.807) is 0 Å². The van der Waals surface area contributed by atoms with Gasteiger partial charge in [0, 0.05) is 51.4 Å². The average molecular weight is 344 g/mol. The highest BCUT2D eigenvalue weighted by Gasteiger charge is 2.39. The highest BCUT2D eigenvalue weighted by atomic mass is 16.2. The molecule has 2 saturated heterocycles. The molecule has 3 aliphatic rings. The summed E-state index contributed by atoms with van der Waals surface area (Å²) in [5.41, 5.74) is 0. The summed E-state index contributed by atoms with van der Waals surface area (Å²) in [6.07, 6.45) is 9.78. The predicted octanol–water partition coefficient (Wildman–Crippen LogP) is 1.87. The van der Waals surface area contributed by atoms with Gasteiger partial charge in [-0.05, 0) is 31.6 Å². The zero-order valence-corrected chi connectivity index (χ0v) is 15.1. The molecule has 25 heavy (non-hydrogen) atoms. The molecule has 2 unspecified atom stereocenters. The summed E-state index contributed by atoms with van der Waals surface area (Å²) in [7, 11) is 0. The van der Waals surface area contributed by atoms with Gasteiger partial charge in [-0.2, -0.15) is 0 Å². The van der Waals surface area contributed by atoms with Crippen molar-refractivity contribution in [2.75, 3.05) is 26.2 Å². The standard InChI is InChI=1S/C19H28N4O2/c1-2-17-20-7-9-23(17)16-4-3-8-21(13-16)19(25)15-10-18(24)22(12-15)11-14-5-6-14/h7,9,14-16H,2-6,8,10-13H2,1H3. The van der Waals surface area contributed by atoms with E-state index in [2.05, 4.69) is 16.5 Å². The van der Waals surface area contributed by atoms with E-state index in [0.717, 1.165) is 44.7 Å². The van der Waals surface area contributed by atoms with Gasteiger partial charge < -0.3 is 14.4 Å². The van der Waals surface area contributed by atoms with Crippen LogP contribution in [-0.4, -0.2) is 57.3 Å². The van der Waals surface area contributed by atoms with Crippen molar-refractivity contribution >= 4 is 11.8 Å². The molecule has 136 valence electrons. The first-order chi connectivity index (χ1) is 12.2. The van der Waals surface area contributed by atoms with E-state index >= 15 is 0 Å². The number of aromatic nitrogens is 2. The number of aryl methyl sites for hydroxylation is 1. The van der Waals surface area contributed by atoms with Crippen LogP contribution in [0.3, 0.4) is 0 Å². The van der Waals surface area contributed by atoms with Crippen molar-refractivity contribution in [1.29, 1.82) is 0 Å². The van der Waals surface area contributed by atoms with Crippen molar-refractivity contribution < 1.29 is 9.59 Å². The zero-order valence-electron chi connectivity index (χ0n) is 15.1. The van der Waals surface area contributed by atoms with Crippen molar-refractivity contribution in [3.63, 3.8) is 0 Å². The molecule has 0 radical (unpaired) electrons. The van der Waals surface area contributed by atoms with Crippen molar-refractivity contribution in [3.05, 3.63) is 18.2 Å². The molecule has 1 aromatic rings. The largest absolute Gasteiger partial charge is 0.342 e. The van der Waals surface area contributed by atoms with Gasteiger partial charge in [-0.15, -0.1) is 0 Å². The van der Waals surface area contributed by atoms with Crippen molar-refractivity contribution in [2.45, 2.75) is 51.5 Å². The van der Waals surface area contributed by atoms with Crippen LogP contribution in [0.2, 0.25) is 0 Å². The Labute approximate surface area is 149 Å². The first kappa shape index (κ1) is 16.6. The maximum Gasteiger partial charge on any atom is 0.228 e. The lowest BCUT2D eigenvalue weighted by molar-refractivity contribution is -0.137. The molecule has 1 saturated carbocycles. The van der Waals surface area contributed by atoms with Crippen LogP contribution in [0, 0.1) is 11.8 Å². The number of likely N-dealkylation sites (tertiary alicyclic amines) is 2. The van der Waals surface area contributed by atoms with Crippen LogP contribution < -0.4 is 0 Å². The molecular formula is C19H28N4O2. The Balaban J connectivity index is 1.39. The SMILES string of the molecule is CCc1nccn1C1CCCN(C(=O)C2CC(=O)N(CC3CC3)C2)C1. The molecule has 1 aromatic heterocycles. The molecule has 0 N–H and O–H groups in total. The molecule has 0 spiro atoms. The van der Waals surface area contributed by atoms with Gasteiger partial charge in [0.25, 0.3) is 0 Å². The van der Waals surface area contributed by atoms with Gasteiger partial charge in [0.05, 0.1) is 12.0 Å². The van der Waals surface area contributed by atoms with E-state index in [9.17, 15) is 9.59 Å². The normalized spacial score (nSPS) is 27.2. The molecule has 3 fully saturated rings. The van der Waals surface area contributed by atoms with Gasteiger partial charge in [0.1, 0.15) is 5.82 Å². The van der Waals surface area contributed by atoms with Gasteiger partial charge in [-0.25, -0.2) is 4.98 Å². The molecule has 3 heterocycles.